The van der Waals surface area contributed by atoms with Gasteiger partial charge in [0.25, 0.3) is 0 Å². The van der Waals surface area contributed by atoms with E-state index in [0.29, 0.717) is 24.9 Å². The first-order valence-corrected chi connectivity index (χ1v) is 21.9. The fraction of sp³-hybridized carbons (Fsp3) is 0.636. The van der Waals surface area contributed by atoms with Crippen LogP contribution in [-0.2, 0) is 44.7 Å². The van der Waals surface area contributed by atoms with Crippen molar-refractivity contribution in [1.82, 2.24) is 10.6 Å². The number of carboxylic acids is 1. The summed E-state index contributed by atoms with van der Waals surface area (Å²) in [5.74, 6) is -3.34. The highest BCUT2D eigenvalue weighted by atomic mass is 79.9. The van der Waals surface area contributed by atoms with Crippen LogP contribution in [0.4, 0.5) is 5.69 Å². The summed E-state index contributed by atoms with van der Waals surface area (Å²) < 4.78 is 13.7. The summed E-state index contributed by atoms with van der Waals surface area (Å²) >= 11 is 3.00. The Morgan fingerprint density at radius 1 is 1.07 bits per heavy atom. The number of alkyl halides is 1. The number of carboxylic acid groups (broad SMARTS) is 1. The fourth-order valence-corrected chi connectivity index (χ4v) is 12.2. The lowest BCUT2D eigenvalue weighted by Gasteiger charge is -2.72. The maximum Gasteiger partial charge on any atom is 0.303 e. The number of anilines is 1. The summed E-state index contributed by atoms with van der Waals surface area (Å²) in [6.45, 7) is 5.15. The zero-order valence-corrected chi connectivity index (χ0v) is 35.5. The highest BCUT2D eigenvalue weighted by Gasteiger charge is 2.79. The van der Waals surface area contributed by atoms with Gasteiger partial charge in [-0.3, -0.25) is 28.8 Å². The minimum absolute atomic E-state index is 0.00579. The van der Waals surface area contributed by atoms with Crippen LogP contribution in [0.1, 0.15) is 90.5 Å². The van der Waals surface area contributed by atoms with Crippen LogP contribution in [0.3, 0.4) is 0 Å². The number of aliphatic hydroxyl groups excluding tert-OH is 2. The molecule has 3 amide bonds. The van der Waals surface area contributed by atoms with Crippen LogP contribution in [0.25, 0.3) is 0 Å². The number of aliphatic hydroxyl groups is 2. The highest BCUT2D eigenvalue weighted by molar-refractivity contribution is 9.09. The molecule has 1 aliphatic heterocycles. The number of aliphatic carboxylic acids is 1. The molecular formula is C44H56BrN3O11. The van der Waals surface area contributed by atoms with Crippen LogP contribution in [-0.4, -0.2) is 99.2 Å². The fourth-order valence-electron chi connectivity index (χ4n) is 12.0. The highest BCUT2D eigenvalue weighted by Crippen LogP contribution is 2.78. The minimum Gasteiger partial charge on any atom is -0.481 e. The van der Waals surface area contributed by atoms with E-state index in [-0.39, 0.29) is 53.2 Å². The first kappa shape index (κ1) is 43.3. The number of allylic oxidation sites excluding steroid dienone is 4. The molecule has 1 aromatic carbocycles. The second-order valence-corrected chi connectivity index (χ2v) is 19.1. The van der Waals surface area contributed by atoms with Gasteiger partial charge in [0.1, 0.15) is 12.6 Å². The smallest absolute Gasteiger partial charge is 0.303 e. The lowest BCUT2D eigenvalue weighted by Crippen LogP contribution is -2.68. The van der Waals surface area contributed by atoms with Crippen molar-refractivity contribution in [1.29, 1.82) is 0 Å². The Morgan fingerprint density at radius 3 is 2.49 bits per heavy atom. The van der Waals surface area contributed by atoms with Crippen LogP contribution < -0.4 is 16.0 Å². The lowest BCUT2D eigenvalue weighted by molar-refractivity contribution is -0.322. The molecule has 6 N–H and O–H groups in total. The molecule has 5 saturated carbocycles. The summed E-state index contributed by atoms with van der Waals surface area (Å²) in [4.78, 5) is 74.8. The van der Waals surface area contributed by atoms with E-state index in [1.54, 1.807) is 18.2 Å². The van der Waals surface area contributed by atoms with Crippen molar-refractivity contribution in [2.75, 3.05) is 23.8 Å². The number of Topliss-reactive ketones (excluding diaryl/α,β-unsaturated/α-hetero) is 1. The molecule has 7 aliphatic rings. The van der Waals surface area contributed by atoms with Crippen molar-refractivity contribution < 1.29 is 53.6 Å². The molecule has 6 aliphatic carbocycles. The molecule has 320 valence electrons. The average Bonchev–Trinajstić information content (AvgIpc) is 3.66. The predicted molar refractivity (Wildman–Crippen MR) is 218 cm³/mol. The number of ether oxygens (including phenoxy) is 2. The van der Waals surface area contributed by atoms with Crippen LogP contribution in [0.15, 0.2) is 48.1 Å². The van der Waals surface area contributed by atoms with E-state index in [1.165, 1.54) is 0 Å². The third kappa shape index (κ3) is 7.63. The molecule has 6 fully saturated rings. The number of ketones is 2. The second kappa shape index (κ2) is 16.3. The van der Waals surface area contributed by atoms with Gasteiger partial charge in [-0.25, -0.2) is 0 Å². The number of rotatable bonds is 17. The molecule has 15 heteroatoms. The maximum atomic E-state index is 13.9. The van der Waals surface area contributed by atoms with E-state index < -0.39 is 77.1 Å². The molecule has 1 heterocycles. The van der Waals surface area contributed by atoms with Crippen LogP contribution in [0.5, 0.6) is 0 Å². The SMILES string of the molecule is CCCC1=CC(=O)C=C[C@]1(C)[C@@H]1C[C@@H]2CC3O[C@@H](C45CC(Cc6cccc(NC(=O)[C@H](CCC(=O)O)NC(=O)CNC(=O)CBr)c6)(C4)C5)O[C@@]3(C(=O)CO)[C@@]2(C)C[C@@H]1O. The maximum absolute atomic E-state index is 13.9. The van der Waals surface area contributed by atoms with Crippen LogP contribution in [0.2, 0.25) is 0 Å². The Kier molecular flexibility index (Phi) is 11.9. The first-order chi connectivity index (χ1) is 27.9. The second-order valence-electron chi connectivity index (χ2n) is 18.5. The van der Waals surface area contributed by atoms with E-state index >= 15 is 0 Å². The molecule has 1 saturated heterocycles. The van der Waals surface area contributed by atoms with Crippen LogP contribution in [0, 0.1) is 33.5 Å². The number of hydrogen-bond donors (Lipinski definition) is 6. The number of fused-ring (bicyclic) bond motifs is 3. The van der Waals surface area contributed by atoms with Gasteiger partial charge >= 0.3 is 5.97 Å². The van der Waals surface area contributed by atoms with Gasteiger partial charge in [-0.2, -0.15) is 0 Å². The summed E-state index contributed by atoms with van der Waals surface area (Å²) in [5.41, 5.74) is -0.449. The molecule has 0 radical (unpaired) electrons. The van der Waals surface area contributed by atoms with E-state index in [0.717, 1.165) is 49.7 Å². The van der Waals surface area contributed by atoms with Gasteiger partial charge < -0.3 is 40.7 Å². The molecular weight excluding hydrogens is 826 g/mol. The monoisotopic (exact) mass is 881 g/mol. The molecule has 8 rings (SSSR count). The zero-order chi connectivity index (χ0) is 42.5. The van der Waals surface area contributed by atoms with Gasteiger partial charge in [0.2, 0.25) is 17.7 Å². The standard InChI is InChI=1S/C44H56BrN3O11/c1-4-6-26-14-29(50)11-12-40(26,2)30-15-27-16-34-44(33(52)21-49,41(27,3)18-32(30)51)59-39(58-34)43-22-42(23-43,24-43)17-25-7-5-8-28(13-25)47-38(57)31(9-10-37(55)56)48-36(54)20-46-35(53)19-45/h5,7-8,11-14,27,30-32,34,39,49,51H,4,6,9-10,15-24H2,1-3H3,(H,46,53)(H,47,57)(H,48,54)(H,55,56)/t27-,30-,31+,32+,34?,39-,40+,41+,42?,43?,44-/m1/s1. The van der Waals surface area contributed by atoms with Crippen molar-refractivity contribution in [2.24, 2.45) is 33.5 Å². The van der Waals surface area contributed by atoms with E-state index in [1.807, 2.05) is 31.2 Å². The number of nitrogens with one attached hydrogen (secondary N) is 3. The number of carbonyl (C=O) groups excluding carboxylic acids is 5. The Hall–Kier alpha value is -3.76. The molecule has 59 heavy (non-hydrogen) atoms. The van der Waals surface area contributed by atoms with Gasteiger partial charge in [0.15, 0.2) is 23.5 Å². The summed E-state index contributed by atoms with van der Waals surface area (Å²) in [6, 6.07) is 6.26. The molecule has 1 unspecified atom stereocenters. The Bertz CT molecular complexity index is 1950. The predicted octanol–water partition coefficient (Wildman–Crippen LogP) is 3.91. The minimum atomic E-state index is -1.39. The molecule has 0 aromatic heterocycles. The molecule has 9 atom stereocenters. The largest absolute Gasteiger partial charge is 0.481 e. The van der Waals surface area contributed by atoms with Crippen molar-refractivity contribution in [3.8, 4) is 0 Å². The molecule has 1 aromatic rings. The number of halogens is 1. The molecule has 0 spiro atoms. The zero-order valence-electron chi connectivity index (χ0n) is 33.9. The Morgan fingerprint density at radius 2 is 1.81 bits per heavy atom. The lowest BCUT2D eigenvalue weighted by atomic mass is 9.33. The van der Waals surface area contributed by atoms with Gasteiger partial charge in [0, 0.05) is 28.4 Å². The summed E-state index contributed by atoms with van der Waals surface area (Å²) in [5, 5.41) is 39.2. The van der Waals surface area contributed by atoms with Crippen molar-refractivity contribution in [2.45, 2.75) is 122 Å². The van der Waals surface area contributed by atoms with Gasteiger partial charge in [-0.05, 0) is 105 Å². The quantitative estimate of drug-likeness (QED) is 0.123. The molecule has 2 bridgehead atoms. The number of hydrogen-bond acceptors (Lipinski definition) is 10. The average molecular weight is 883 g/mol. The van der Waals surface area contributed by atoms with Crippen molar-refractivity contribution in [3.05, 3.63) is 53.6 Å². The topological polar surface area (TPSA) is 218 Å². The van der Waals surface area contributed by atoms with Crippen molar-refractivity contribution in [3.63, 3.8) is 0 Å². The number of amides is 3. The third-order valence-electron chi connectivity index (χ3n) is 14.7. The van der Waals surface area contributed by atoms with Crippen molar-refractivity contribution >= 4 is 56.9 Å². The van der Waals surface area contributed by atoms with E-state index in [4.69, 9.17) is 9.47 Å². The van der Waals surface area contributed by atoms with Gasteiger partial charge in [0.05, 0.1) is 24.1 Å². The van der Waals surface area contributed by atoms with Gasteiger partial charge in [-0.15, -0.1) is 0 Å². The van der Waals surface area contributed by atoms with E-state index in [2.05, 4.69) is 45.7 Å². The Labute approximate surface area is 352 Å². The summed E-state index contributed by atoms with van der Waals surface area (Å²) in [7, 11) is 0. The van der Waals surface area contributed by atoms with Crippen LogP contribution >= 0.6 is 15.9 Å². The number of carbonyl (C=O) groups is 6. The number of benzene rings is 1. The van der Waals surface area contributed by atoms with Gasteiger partial charge in [-0.1, -0.05) is 66.9 Å². The Balaban J connectivity index is 0.993. The molecule has 14 nitrogen and oxygen atoms in total. The van der Waals surface area contributed by atoms with E-state index in [9.17, 15) is 44.1 Å². The first-order valence-electron chi connectivity index (χ1n) is 20.8. The normalized spacial score (nSPS) is 36.9. The third-order valence-corrected chi connectivity index (χ3v) is 15.2. The summed E-state index contributed by atoms with van der Waals surface area (Å²) in [6.07, 6.45) is 9.15.